The van der Waals surface area contributed by atoms with Crippen molar-refractivity contribution in [1.82, 2.24) is 20.8 Å². The lowest BCUT2D eigenvalue weighted by atomic mass is 9.77. The van der Waals surface area contributed by atoms with Crippen LogP contribution in [-0.2, 0) is 0 Å². The maximum absolute atomic E-state index is 6.93. The van der Waals surface area contributed by atoms with E-state index in [9.17, 15) is 0 Å². The van der Waals surface area contributed by atoms with Crippen LogP contribution in [0.25, 0.3) is 5.57 Å². The Morgan fingerprint density at radius 3 is 2.64 bits per heavy atom. The zero-order chi connectivity index (χ0) is 17.9. The van der Waals surface area contributed by atoms with Crippen molar-refractivity contribution in [1.29, 1.82) is 0 Å². The van der Waals surface area contributed by atoms with Gasteiger partial charge in [0.15, 0.2) is 5.82 Å². The Balaban J connectivity index is 1.91. The average Bonchev–Trinajstić information content (AvgIpc) is 3.08. The first-order valence-electron chi connectivity index (χ1n) is 9.63. The second kappa shape index (κ2) is 7.60. The largest absolute Gasteiger partial charge is 0.383 e. The molecule has 3 rings (SSSR count). The summed E-state index contributed by atoms with van der Waals surface area (Å²) in [5.41, 5.74) is 8.30. The molecule has 1 fully saturated rings. The van der Waals surface area contributed by atoms with Crippen LogP contribution in [0.4, 0.5) is 0 Å². The molecule has 1 aromatic heterocycles. The molecule has 25 heavy (non-hydrogen) atoms. The summed E-state index contributed by atoms with van der Waals surface area (Å²) >= 11 is 0. The third-order valence-electron chi connectivity index (χ3n) is 5.58. The van der Waals surface area contributed by atoms with Crippen molar-refractivity contribution in [2.45, 2.75) is 77.4 Å². The van der Waals surface area contributed by atoms with E-state index >= 15 is 0 Å². The van der Waals surface area contributed by atoms with Gasteiger partial charge in [0.1, 0.15) is 5.66 Å². The topological polar surface area (TPSA) is 89.0 Å². The standard InChI is InChI=1S/C19H31N5O/c1-4-16(5-2)23-17-11-14(18-22-13(3)24-25-18)12-21-19(17,20)15-9-7-6-8-10-15/h11-12,15-16,21,23H,4-10,20H2,1-3H3. The summed E-state index contributed by atoms with van der Waals surface area (Å²) in [6.45, 7) is 6.23. The van der Waals surface area contributed by atoms with Gasteiger partial charge >= 0.3 is 0 Å². The highest BCUT2D eigenvalue weighted by atomic mass is 16.5. The van der Waals surface area contributed by atoms with Gasteiger partial charge in [-0.25, -0.2) is 0 Å². The fourth-order valence-electron chi connectivity index (χ4n) is 3.90. The van der Waals surface area contributed by atoms with Crippen LogP contribution in [0, 0.1) is 12.8 Å². The minimum absolute atomic E-state index is 0.406. The van der Waals surface area contributed by atoms with E-state index in [1.165, 1.54) is 19.3 Å². The van der Waals surface area contributed by atoms with Crippen LogP contribution in [0.15, 0.2) is 22.5 Å². The van der Waals surface area contributed by atoms with E-state index < -0.39 is 5.66 Å². The summed E-state index contributed by atoms with van der Waals surface area (Å²) in [6, 6.07) is 0.406. The van der Waals surface area contributed by atoms with Crippen LogP contribution in [0.3, 0.4) is 0 Å². The second-order valence-corrected chi connectivity index (χ2v) is 7.31. The van der Waals surface area contributed by atoms with Gasteiger partial charge in [-0.15, -0.1) is 0 Å². The minimum Gasteiger partial charge on any atom is -0.383 e. The van der Waals surface area contributed by atoms with Crippen molar-refractivity contribution in [3.8, 4) is 0 Å². The molecule has 6 heteroatoms. The van der Waals surface area contributed by atoms with Gasteiger partial charge in [0.05, 0.1) is 11.3 Å². The molecule has 0 radical (unpaired) electrons. The molecular formula is C19H31N5O. The van der Waals surface area contributed by atoms with E-state index in [1.807, 2.05) is 13.1 Å². The van der Waals surface area contributed by atoms with Gasteiger partial charge in [0.2, 0.25) is 0 Å². The van der Waals surface area contributed by atoms with E-state index in [1.54, 1.807) is 0 Å². The molecule has 1 aliphatic heterocycles. The number of hydrogen-bond donors (Lipinski definition) is 3. The number of dihydropyridines is 1. The average molecular weight is 345 g/mol. The lowest BCUT2D eigenvalue weighted by molar-refractivity contribution is 0.201. The first-order valence-corrected chi connectivity index (χ1v) is 9.63. The van der Waals surface area contributed by atoms with Crippen molar-refractivity contribution in [3.63, 3.8) is 0 Å². The summed E-state index contributed by atoms with van der Waals surface area (Å²) in [6.07, 6.45) is 12.3. The molecule has 1 unspecified atom stereocenters. The summed E-state index contributed by atoms with van der Waals surface area (Å²) < 4.78 is 5.34. The number of aryl methyl sites for hydroxylation is 1. The van der Waals surface area contributed by atoms with Crippen molar-refractivity contribution in [2.24, 2.45) is 11.7 Å². The van der Waals surface area contributed by atoms with Crippen LogP contribution < -0.4 is 16.4 Å². The maximum atomic E-state index is 6.93. The van der Waals surface area contributed by atoms with E-state index in [0.717, 1.165) is 37.0 Å². The van der Waals surface area contributed by atoms with Gasteiger partial charge in [-0.3, -0.25) is 0 Å². The fraction of sp³-hybridized carbons (Fsp3) is 0.684. The van der Waals surface area contributed by atoms with Crippen LogP contribution >= 0.6 is 0 Å². The molecule has 2 heterocycles. The second-order valence-electron chi connectivity index (χ2n) is 7.31. The van der Waals surface area contributed by atoms with Gasteiger partial charge in [0.25, 0.3) is 5.89 Å². The first kappa shape index (κ1) is 18.0. The summed E-state index contributed by atoms with van der Waals surface area (Å²) in [5.74, 6) is 1.59. The molecule has 6 nitrogen and oxygen atoms in total. The predicted molar refractivity (Wildman–Crippen MR) is 99.2 cm³/mol. The molecule has 0 bridgehead atoms. The summed E-state index contributed by atoms with van der Waals surface area (Å²) in [4.78, 5) is 4.35. The molecule has 0 amide bonds. The number of nitrogens with zero attached hydrogens (tertiary/aromatic N) is 2. The van der Waals surface area contributed by atoms with Gasteiger partial charge in [-0.2, -0.15) is 4.98 Å². The normalized spacial score (nSPS) is 24.7. The van der Waals surface area contributed by atoms with Crippen LogP contribution in [-0.4, -0.2) is 21.8 Å². The fourth-order valence-corrected chi connectivity index (χ4v) is 3.90. The molecule has 0 aromatic carbocycles. The smallest absolute Gasteiger partial charge is 0.259 e. The summed E-state index contributed by atoms with van der Waals surface area (Å²) in [5, 5.41) is 11.1. The highest BCUT2D eigenvalue weighted by molar-refractivity contribution is 5.71. The number of rotatable bonds is 6. The third-order valence-corrected chi connectivity index (χ3v) is 5.58. The third kappa shape index (κ3) is 3.73. The zero-order valence-corrected chi connectivity index (χ0v) is 15.6. The zero-order valence-electron chi connectivity index (χ0n) is 15.6. The number of nitrogens with two attached hydrogens (primary N) is 1. The Labute approximate surface area is 150 Å². The van der Waals surface area contributed by atoms with Gasteiger partial charge in [-0.05, 0) is 38.7 Å². The number of nitrogens with one attached hydrogen (secondary N) is 2. The Hall–Kier alpha value is -1.82. The molecule has 1 aliphatic carbocycles. The van der Waals surface area contributed by atoms with E-state index in [4.69, 9.17) is 10.3 Å². The highest BCUT2D eigenvalue weighted by Gasteiger charge is 2.41. The highest BCUT2D eigenvalue weighted by Crippen LogP contribution is 2.36. The van der Waals surface area contributed by atoms with E-state index in [-0.39, 0.29) is 0 Å². The van der Waals surface area contributed by atoms with Crippen molar-refractivity contribution >= 4 is 5.57 Å². The number of aromatic nitrogens is 2. The molecule has 1 atom stereocenters. The first-order chi connectivity index (χ1) is 12.1. The molecule has 138 valence electrons. The minimum atomic E-state index is -0.554. The van der Waals surface area contributed by atoms with Crippen molar-refractivity contribution in [2.75, 3.05) is 0 Å². The number of hydrogen-bond acceptors (Lipinski definition) is 6. The Kier molecular flexibility index (Phi) is 5.47. The molecule has 4 N–H and O–H groups in total. The SMILES string of the molecule is CCC(CC)NC1=CC(c2nc(C)no2)=CNC1(N)C1CCCCC1. The lowest BCUT2D eigenvalue weighted by Gasteiger charge is -2.44. The van der Waals surface area contributed by atoms with Crippen LogP contribution in [0.2, 0.25) is 0 Å². The van der Waals surface area contributed by atoms with Crippen LogP contribution in [0.1, 0.15) is 70.5 Å². The Morgan fingerprint density at radius 2 is 2.04 bits per heavy atom. The molecule has 1 aromatic rings. The monoisotopic (exact) mass is 345 g/mol. The van der Waals surface area contributed by atoms with Gasteiger partial charge in [0, 0.05) is 18.2 Å². The Morgan fingerprint density at radius 1 is 1.32 bits per heavy atom. The van der Waals surface area contributed by atoms with Gasteiger partial charge in [-0.1, -0.05) is 38.3 Å². The van der Waals surface area contributed by atoms with Crippen LogP contribution in [0.5, 0.6) is 0 Å². The van der Waals surface area contributed by atoms with E-state index in [2.05, 4.69) is 40.7 Å². The number of allylic oxidation sites excluding steroid dienone is 2. The lowest BCUT2D eigenvalue weighted by Crippen LogP contribution is -2.63. The predicted octanol–water partition coefficient (Wildman–Crippen LogP) is 3.22. The molecule has 1 saturated carbocycles. The van der Waals surface area contributed by atoms with Crippen molar-refractivity contribution in [3.05, 3.63) is 29.7 Å². The molecule has 0 spiro atoms. The van der Waals surface area contributed by atoms with Gasteiger partial charge < -0.3 is 20.9 Å². The maximum Gasteiger partial charge on any atom is 0.259 e. The van der Waals surface area contributed by atoms with E-state index in [0.29, 0.717) is 23.7 Å². The molecular weight excluding hydrogens is 314 g/mol. The summed E-state index contributed by atoms with van der Waals surface area (Å²) in [7, 11) is 0. The molecule has 0 saturated heterocycles. The quantitative estimate of drug-likeness (QED) is 0.733. The Bertz CT molecular complexity index is 640. The molecule has 2 aliphatic rings. The van der Waals surface area contributed by atoms with Crippen molar-refractivity contribution < 1.29 is 4.52 Å².